The Morgan fingerprint density at radius 2 is 2.07 bits per heavy atom. The van der Waals surface area contributed by atoms with Gasteiger partial charge in [0.25, 0.3) is 0 Å². The van der Waals surface area contributed by atoms with Crippen LogP contribution in [0.15, 0.2) is 29.2 Å². The topological polar surface area (TPSA) is 90.4 Å². The van der Waals surface area contributed by atoms with E-state index in [0.717, 1.165) is 10.6 Å². The minimum absolute atomic E-state index is 0.305. The van der Waals surface area contributed by atoms with Gasteiger partial charge in [-0.25, -0.2) is 5.84 Å². The zero-order valence-electron chi connectivity index (χ0n) is 8.10. The van der Waals surface area contributed by atoms with Crippen LogP contribution in [0.1, 0.15) is 6.42 Å². The Morgan fingerprint density at radius 1 is 1.40 bits per heavy atom. The predicted octanol–water partition coefficient (Wildman–Crippen LogP) is 0.672. The van der Waals surface area contributed by atoms with E-state index >= 15 is 0 Å². The molecule has 0 spiro atoms. The summed E-state index contributed by atoms with van der Waals surface area (Å²) in [4.78, 5) is 16.3. The molecule has 0 aliphatic heterocycles. The Kier molecular flexibility index (Phi) is 4.96. The molecule has 1 rings (SSSR count). The average molecular weight is 227 g/mol. The first-order chi connectivity index (χ1) is 7.22. The number of carbonyl (C=O) groups is 1. The van der Waals surface area contributed by atoms with Gasteiger partial charge < -0.3 is 10.6 Å². The molecule has 82 valence electrons. The molecule has 0 saturated carbocycles. The quantitative estimate of drug-likeness (QED) is 0.296. The molecule has 0 bridgehead atoms. The van der Waals surface area contributed by atoms with Crippen LogP contribution in [0.5, 0.6) is 0 Å². The summed E-state index contributed by atoms with van der Waals surface area (Å²) in [7, 11) is 0. The van der Waals surface area contributed by atoms with Gasteiger partial charge in [0.1, 0.15) is 0 Å². The van der Waals surface area contributed by atoms with Crippen molar-refractivity contribution in [1.29, 1.82) is 0 Å². The fraction of sp³-hybridized carbons (Fsp3) is 0.222. The van der Waals surface area contributed by atoms with E-state index in [1.165, 1.54) is 0 Å². The lowest BCUT2D eigenvalue weighted by Crippen LogP contribution is -2.26. The summed E-state index contributed by atoms with van der Waals surface area (Å²) in [6, 6.07) is 7.46. The molecule has 0 unspecified atom stereocenters. The van der Waals surface area contributed by atoms with Crippen molar-refractivity contribution in [3.63, 3.8) is 0 Å². The smallest absolute Gasteiger partial charge is 0.327 e. The highest BCUT2D eigenvalue weighted by atomic mass is 32.2. The normalized spacial score (nSPS) is 9.93. The number of carbonyl (C=O) groups excluding carboxylic acids is 1. The van der Waals surface area contributed by atoms with Crippen LogP contribution in [0, 0.1) is 0 Å². The molecule has 0 amide bonds. The first-order valence-electron chi connectivity index (χ1n) is 4.36. The van der Waals surface area contributed by atoms with Crippen LogP contribution in [0.2, 0.25) is 0 Å². The molecule has 0 atom stereocenters. The molecular weight excluding hydrogens is 214 g/mol. The second-order valence-corrected chi connectivity index (χ2v) is 3.93. The predicted molar refractivity (Wildman–Crippen MR) is 59.6 cm³/mol. The van der Waals surface area contributed by atoms with Gasteiger partial charge in [-0.2, -0.15) is 0 Å². The number of hydrazine groups is 1. The van der Waals surface area contributed by atoms with E-state index in [2.05, 4.69) is 4.84 Å². The second kappa shape index (κ2) is 6.28. The molecule has 0 radical (unpaired) electrons. The van der Waals surface area contributed by atoms with E-state index in [0.29, 0.717) is 12.2 Å². The maximum absolute atomic E-state index is 10.9. The van der Waals surface area contributed by atoms with Crippen molar-refractivity contribution < 1.29 is 9.63 Å². The molecule has 0 saturated heterocycles. The van der Waals surface area contributed by atoms with Crippen molar-refractivity contribution in [1.82, 2.24) is 5.59 Å². The fourth-order valence-electron chi connectivity index (χ4n) is 0.933. The molecule has 0 aliphatic carbocycles. The molecule has 5 N–H and O–H groups in total. The summed E-state index contributed by atoms with van der Waals surface area (Å²) in [6.45, 7) is 0. The van der Waals surface area contributed by atoms with Gasteiger partial charge in [0.05, 0.1) is 6.42 Å². The Balaban J connectivity index is 2.26. The molecule has 1 aromatic carbocycles. The Hall–Kier alpha value is -1.24. The number of rotatable bonds is 5. The first-order valence-corrected chi connectivity index (χ1v) is 5.34. The Morgan fingerprint density at radius 3 is 2.67 bits per heavy atom. The van der Waals surface area contributed by atoms with Gasteiger partial charge in [-0.15, -0.1) is 11.8 Å². The summed E-state index contributed by atoms with van der Waals surface area (Å²) in [6.07, 6.45) is 0.305. The number of nitrogens with two attached hydrogens (primary N) is 2. The molecule has 0 heterocycles. The van der Waals surface area contributed by atoms with Crippen LogP contribution in [-0.4, -0.2) is 11.7 Å². The summed E-state index contributed by atoms with van der Waals surface area (Å²) in [5.41, 5.74) is 8.11. The molecule has 0 fully saturated rings. The maximum Gasteiger partial charge on any atom is 0.327 e. The second-order valence-electron chi connectivity index (χ2n) is 2.76. The monoisotopic (exact) mass is 227 g/mol. The van der Waals surface area contributed by atoms with Crippen LogP contribution in [-0.2, 0) is 9.63 Å². The highest BCUT2D eigenvalue weighted by molar-refractivity contribution is 7.99. The van der Waals surface area contributed by atoms with Gasteiger partial charge in [-0.3, -0.25) is 4.79 Å². The van der Waals surface area contributed by atoms with Crippen LogP contribution in [0.25, 0.3) is 0 Å². The molecule has 15 heavy (non-hydrogen) atoms. The third kappa shape index (κ3) is 4.68. The first kappa shape index (κ1) is 11.8. The molecule has 0 aromatic heterocycles. The van der Waals surface area contributed by atoms with Gasteiger partial charge in [0, 0.05) is 16.3 Å². The highest BCUT2D eigenvalue weighted by Gasteiger charge is 2.02. The average Bonchev–Trinajstić information content (AvgIpc) is 2.21. The number of anilines is 1. The fourth-order valence-corrected chi connectivity index (χ4v) is 1.77. The highest BCUT2D eigenvalue weighted by Crippen LogP contribution is 2.19. The van der Waals surface area contributed by atoms with Crippen molar-refractivity contribution >= 4 is 23.4 Å². The molecule has 0 aliphatic rings. The van der Waals surface area contributed by atoms with E-state index < -0.39 is 0 Å². The number of thioether (sulfide) groups is 1. The summed E-state index contributed by atoms with van der Waals surface area (Å²) < 4.78 is 0. The van der Waals surface area contributed by atoms with Crippen LogP contribution < -0.4 is 17.2 Å². The summed E-state index contributed by atoms with van der Waals surface area (Å²) in [5, 5.41) is 0. The largest absolute Gasteiger partial charge is 0.399 e. The summed E-state index contributed by atoms with van der Waals surface area (Å²) >= 11 is 1.56. The zero-order chi connectivity index (χ0) is 11.1. The van der Waals surface area contributed by atoms with E-state index in [1.807, 2.05) is 29.9 Å². The van der Waals surface area contributed by atoms with E-state index in [1.54, 1.807) is 11.8 Å². The summed E-state index contributed by atoms with van der Waals surface area (Å²) in [5.74, 6) is 5.08. The van der Waals surface area contributed by atoms with Crippen LogP contribution >= 0.6 is 11.8 Å². The SMILES string of the molecule is NNOC(=O)CCSc1ccc(N)cc1. The molecule has 1 aromatic rings. The van der Waals surface area contributed by atoms with Crippen LogP contribution in [0.4, 0.5) is 5.69 Å². The van der Waals surface area contributed by atoms with Crippen molar-refractivity contribution in [2.24, 2.45) is 5.84 Å². The van der Waals surface area contributed by atoms with Gasteiger partial charge in [0.15, 0.2) is 0 Å². The van der Waals surface area contributed by atoms with Gasteiger partial charge in [-0.1, -0.05) is 5.59 Å². The lowest BCUT2D eigenvalue weighted by Gasteiger charge is -2.02. The zero-order valence-corrected chi connectivity index (χ0v) is 8.92. The van der Waals surface area contributed by atoms with Gasteiger partial charge in [0.2, 0.25) is 0 Å². The number of nitrogen functional groups attached to an aromatic ring is 1. The lowest BCUT2D eigenvalue weighted by atomic mass is 10.3. The number of benzene rings is 1. The number of hydrogen-bond acceptors (Lipinski definition) is 6. The lowest BCUT2D eigenvalue weighted by molar-refractivity contribution is -0.150. The van der Waals surface area contributed by atoms with E-state index in [4.69, 9.17) is 11.6 Å². The third-order valence-corrected chi connectivity index (χ3v) is 2.64. The van der Waals surface area contributed by atoms with E-state index in [-0.39, 0.29) is 5.97 Å². The standard InChI is InChI=1S/C9H13N3O2S/c10-7-1-3-8(4-2-7)15-6-5-9(13)14-12-11/h1-4,12H,5-6,10-11H2. The van der Waals surface area contributed by atoms with Crippen molar-refractivity contribution in [3.8, 4) is 0 Å². The van der Waals surface area contributed by atoms with E-state index in [9.17, 15) is 4.79 Å². The Bertz CT molecular complexity index is 316. The minimum Gasteiger partial charge on any atom is -0.399 e. The number of nitrogens with one attached hydrogen (secondary N) is 1. The van der Waals surface area contributed by atoms with Crippen molar-refractivity contribution in [3.05, 3.63) is 24.3 Å². The van der Waals surface area contributed by atoms with Crippen molar-refractivity contribution in [2.75, 3.05) is 11.5 Å². The van der Waals surface area contributed by atoms with Crippen molar-refractivity contribution in [2.45, 2.75) is 11.3 Å². The van der Waals surface area contributed by atoms with Gasteiger partial charge >= 0.3 is 5.97 Å². The maximum atomic E-state index is 10.9. The minimum atomic E-state index is -0.375. The van der Waals surface area contributed by atoms with Crippen LogP contribution in [0.3, 0.4) is 0 Å². The molecular formula is C9H13N3O2S. The number of hydrogen-bond donors (Lipinski definition) is 3. The Labute approximate surface area is 92.1 Å². The van der Waals surface area contributed by atoms with Gasteiger partial charge in [-0.05, 0) is 24.3 Å². The molecule has 5 nitrogen and oxygen atoms in total. The third-order valence-electron chi connectivity index (χ3n) is 1.63. The molecule has 6 heteroatoms.